The monoisotopic (exact) mass is 104 g/mol. The first-order valence-electron chi connectivity index (χ1n) is 1.91. The zero-order chi connectivity index (χ0) is 5.41. The minimum Gasteiger partial charge on any atom is -0.483 e. The van der Waals surface area contributed by atoms with Crippen molar-refractivity contribution in [1.82, 2.24) is 0 Å². The Morgan fingerprint density at radius 3 is 1.67 bits per heavy atom. The molecule has 0 amide bonds. The highest BCUT2D eigenvalue weighted by Crippen LogP contribution is 1.36. The Morgan fingerprint density at radius 2 is 1.67 bits per heavy atom. The zero-order valence-electron chi connectivity index (χ0n) is 4.14. The van der Waals surface area contributed by atoms with Gasteiger partial charge in [-0.25, -0.2) is 0 Å². The standard InChI is InChI=1S/CH2O2.2CH3.Al.H/c2-1-3;;;;/h1H,(H,2,3);2*1H3;;. The van der Waals surface area contributed by atoms with Gasteiger partial charge in [0.2, 0.25) is 15.2 Å². The van der Waals surface area contributed by atoms with Crippen LogP contribution in [0.4, 0.5) is 0 Å². The molecule has 2 nitrogen and oxygen atoms in total. The van der Waals surface area contributed by atoms with Crippen LogP contribution < -0.4 is 0 Å². The Morgan fingerprint density at radius 1 is 1.67 bits per heavy atom. The fourth-order valence-corrected chi connectivity index (χ4v) is 0. The molecule has 0 rings (SSSR count). The largest absolute Gasteiger partial charge is 0.483 e. The average molecular weight is 104 g/mol. The second-order valence-electron chi connectivity index (χ2n) is 0.813. The van der Waals surface area contributed by atoms with Gasteiger partial charge in [0.25, 0.3) is 6.47 Å². The molecule has 0 aliphatic heterocycles. The highest BCUT2D eigenvalue weighted by Gasteiger charge is 1.48. The summed E-state index contributed by atoms with van der Waals surface area (Å²) in [7, 11) is 0. The minimum atomic E-state index is -0.250. The van der Waals surface area contributed by atoms with Crippen LogP contribution in [0.1, 0.15) is 0 Å². The van der Waals surface area contributed by atoms with Crippen LogP contribution in [-0.2, 0) is 4.79 Å². The summed E-state index contributed by atoms with van der Waals surface area (Å²) in [6.07, 6.45) is 0. The third kappa shape index (κ3) is 5930000. The Kier molecular flexibility index (Phi) is 31.2. The number of hydrogen-bond donors (Lipinski definition) is 1. The summed E-state index contributed by atoms with van der Waals surface area (Å²) in [4.78, 5) is 8.36. The molecule has 6 heavy (non-hydrogen) atoms. The van der Waals surface area contributed by atoms with Crippen molar-refractivity contribution in [2.75, 3.05) is 0 Å². The van der Waals surface area contributed by atoms with Crippen LogP contribution in [0.25, 0.3) is 0 Å². The lowest BCUT2D eigenvalue weighted by molar-refractivity contribution is -0.122. The quantitative estimate of drug-likeness (QED) is 0.352. The Labute approximate surface area is 43.9 Å². The lowest BCUT2D eigenvalue weighted by atomic mass is 11.7. The number of carbonyl (C=O) groups is 1. The molecule has 3 heteroatoms. The molecule has 36 valence electrons. The minimum absolute atomic E-state index is 0.250. The molecule has 0 aromatic rings. The predicted molar refractivity (Wildman–Crippen MR) is 27.6 cm³/mol. The number of rotatable bonds is 0. The van der Waals surface area contributed by atoms with E-state index in [1.54, 1.807) is 0 Å². The molecule has 0 aliphatic carbocycles. The van der Waals surface area contributed by atoms with E-state index in [2.05, 4.69) is 11.6 Å². The van der Waals surface area contributed by atoms with Crippen LogP contribution in [0, 0.1) is 0 Å². The lowest BCUT2D eigenvalue weighted by Crippen LogP contribution is -1.53. The van der Waals surface area contributed by atoms with E-state index in [-0.39, 0.29) is 6.47 Å². The second kappa shape index (κ2) is 20.0. The van der Waals surface area contributed by atoms with Crippen LogP contribution in [-0.4, -0.2) is 26.8 Å². The van der Waals surface area contributed by atoms with Crippen molar-refractivity contribution in [3.05, 3.63) is 0 Å². The van der Waals surface area contributed by atoms with Crippen molar-refractivity contribution in [1.29, 1.82) is 0 Å². The van der Waals surface area contributed by atoms with Gasteiger partial charge in [-0.2, -0.15) is 0 Å². The fourth-order valence-electron chi connectivity index (χ4n) is 0. The van der Waals surface area contributed by atoms with Gasteiger partial charge in [0.05, 0.1) is 0 Å². The van der Waals surface area contributed by atoms with Gasteiger partial charge in [-0.3, -0.25) is 4.79 Å². The normalized spacial score (nSPS) is 4.33. The molecule has 0 radical (unpaired) electrons. The molecule has 0 fully saturated rings. The van der Waals surface area contributed by atoms with E-state index >= 15 is 0 Å². The van der Waals surface area contributed by atoms with Crippen molar-refractivity contribution < 1.29 is 9.90 Å². The van der Waals surface area contributed by atoms with Crippen molar-refractivity contribution in [2.24, 2.45) is 0 Å². The van der Waals surface area contributed by atoms with Crippen molar-refractivity contribution in [3.63, 3.8) is 0 Å². The Balaban J connectivity index is 0. The van der Waals surface area contributed by atoms with Crippen LogP contribution in [0.15, 0.2) is 0 Å². The first-order chi connectivity index (χ1) is 2.83. The third-order valence-electron chi connectivity index (χ3n) is 0. The molecule has 0 saturated carbocycles. The van der Waals surface area contributed by atoms with Crippen LogP contribution in [0.2, 0.25) is 11.6 Å². The molecule has 0 aromatic heterocycles. The van der Waals surface area contributed by atoms with Gasteiger partial charge in [-0.05, 0) is 0 Å². The molecule has 0 atom stereocenters. The number of hydrogen-bond acceptors (Lipinski definition) is 1. The maximum atomic E-state index is 8.36. The summed E-state index contributed by atoms with van der Waals surface area (Å²) in [5.74, 6) is 4.53. The Hall–Kier alpha value is 0.00247. The molecule has 0 bridgehead atoms. The van der Waals surface area contributed by atoms with Gasteiger partial charge >= 0.3 is 0 Å². The van der Waals surface area contributed by atoms with Crippen LogP contribution >= 0.6 is 0 Å². The second-order valence-corrected chi connectivity index (χ2v) is 2.23. The molecule has 0 heterocycles. The van der Waals surface area contributed by atoms with Crippen molar-refractivity contribution in [2.45, 2.75) is 11.6 Å². The number of carboxylic acid groups (broad SMARTS) is 1. The molecule has 1 N–H and O–H groups in total. The van der Waals surface area contributed by atoms with Gasteiger partial charge in [-0.15, -0.1) is 11.6 Å². The smallest absolute Gasteiger partial charge is 0.290 e. The van der Waals surface area contributed by atoms with Gasteiger partial charge in [0, 0.05) is 0 Å². The van der Waals surface area contributed by atoms with E-state index < -0.39 is 0 Å². The van der Waals surface area contributed by atoms with Crippen molar-refractivity contribution >= 4 is 21.7 Å². The Bertz CT molecular complexity index is 22.8. The van der Waals surface area contributed by atoms with Gasteiger partial charge < -0.3 is 5.11 Å². The fraction of sp³-hybridized carbons (Fsp3) is 0.667. The van der Waals surface area contributed by atoms with Crippen LogP contribution in [0.3, 0.4) is 0 Å². The van der Waals surface area contributed by atoms with E-state index in [1.807, 2.05) is 0 Å². The highest BCUT2D eigenvalue weighted by molar-refractivity contribution is 6.31. The predicted octanol–water partition coefficient (Wildman–Crippen LogP) is 0.220. The first-order valence-corrected chi connectivity index (χ1v) is 4.74. The molecule has 0 aliphatic rings. The maximum absolute atomic E-state index is 8.36. The summed E-state index contributed by atoms with van der Waals surface area (Å²) in [5, 5.41) is 6.89. The molecule has 0 spiro atoms. The van der Waals surface area contributed by atoms with E-state index in [0.717, 1.165) is 0 Å². The summed E-state index contributed by atoms with van der Waals surface area (Å²) in [5.41, 5.74) is 0. The van der Waals surface area contributed by atoms with E-state index in [4.69, 9.17) is 9.90 Å². The summed E-state index contributed by atoms with van der Waals surface area (Å²) in [6, 6.07) is 0. The van der Waals surface area contributed by atoms with Gasteiger partial charge in [-0.1, -0.05) is 0 Å². The summed E-state index contributed by atoms with van der Waals surface area (Å²) >= 11 is 0.417. The maximum Gasteiger partial charge on any atom is 0.290 e. The highest BCUT2D eigenvalue weighted by atomic mass is 27.1. The summed E-state index contributed by atoms with van der Waals surface area (Å²) in [6.45, 7) is -0.250. The van der Waals surface area contributed by atoms with Gasteiger partial charge in [0.15, 0.2) is 0 Å². The molecule has 0 aromatic carbocycles. The van der Waals surface area contributed by atoms with Crippen molar-refractivity contribution in [3.8, 4) is 0 Å². The third-order valence-corrected chi connectivity index (χ3v) is 0. The van der Waals surface area contributed by atoms with E-state index in [0.29, 0.717) is 15.2 Å². The van der Waals surface area contributed by atoms with E-state index in [9.17, 15) is 0 Å². The summed E-state index contributed by atoms with van der Waals surface area (Å²) < 4.78 is 0. The van der Waals surface area contributed by atoms with Crippen LogP contribution in [0.5, 0.6) is 0 Å². The zero-order valence-corrected chi connectivity index (χ0v) is 5.55. The molecule has 0 saturated heterocycles. The molecular weight excluding hydrogens is 95.0 g/mol. The molecule has 0 unspecified atom stereocenters. The lowest BCUT2D eigenvalue weighted by Gasteiger charge is -1.36. The SMILES string of the molecule is O=CO.[CH3][AlH][CH3]. The molecular formula is C3H9AlO2. The topological polar surface area (TPSA) is 37.3 Å². The van der Waals surface area contributed by atoms with E-state index in [1.165, 1.54) is 0 Å². The van der Waals surface area contributed by atoms with Gasteiger partial charge in [0.1, 0.15) is 0 Å². The first kappa shape index (κ1) is 9.38. The average Bonchev–Trinajstić information content (AvgIpc) is 1.39.